The third-order valence-electron chi connectivity index (χ3n) is 6.15. The summed E-state index contributed by atoms with van der Waals surface area (Å²) in [6, 6.07) is 7.40. The lowest BCUT2D eigenvalue weighted by molar-refractivity contribution is -0.170. The van der Waals surface area contributed by atoms with E-state index in [9.17, 15) is 28.1 Å². The van der Waals surface area contributed by atoms with Gasteiger partial charge < -0.3 is 44.9 Å². The van der Waals surface area contributed by atoms with Gasteiger partial charge in [0.15, 0.2) is 41.8 Å². The molecule has 0 saturated heterocycles. The van der Waals surface area contributed by atoms with E-state index in [0.29, 0.717) is 5.52 Å². The van der Waals surface area contributed by atoms with Gasteiger partial charge in [0.2, 0.25) is 0 Å². The first-order valence-corrected chi connectivity index (χ1v) is 15.6. The number of imidazole rings is 1. The molecule has 21 heteroatoms. The van der Waals surface area contributed by atoms with Crippen LogP contribution in [0.2, 0.25) is 0 Å². The molecule has 0 fully saturated rings. The number of anilines is 1. The lowest BCUT2D eigenvalue weighted by Gasteiger charge is -2.24. The highest BCUT2D eigenvalue weighted by molar-refractivity contribution is 7.57. The summed E-state index contributed by atoms with van der Waals surface area (Å²) in [7, 11) is -3.83. The minimum Gasteiger partial charge on any atom is -0.481 e. The predicted molar refractivity (Wildman–Crippen MR) is 160 cm³/mol. The van der Waals surface area contributed by atoms with Gasteiger partial charge in [0.1, 0.15) is 23.6 Å². The van der Waals surface area contributed by atoms with Crippen molar-refractivity contribution in [1.29, 1.82) is 0 Å². The van der Waals surface area contributed by atoms with Crippen LogP contribution in [-0.4, -0.2) is 94.7 Å². The molecule has 0 aliphatic carbocycles. The first kappa shape index (κ1) is 37.4. The number of esters is 1. The number of carbonyl (C=O) groups is 4. The van der Waals surface area contributed by atoms with Crippen LogP contribution in [0.5, 0.6) is 5.75 Å². The molecule has 0 bridgehead atoms. The number of hydrogen-bond acceptors (Lipinski definition) is 14. The Labute approximate surface area is 270 Å². The van der Waals surface area contributed by atoms with Gasteiger partial charge in [-0.15, -0.1) is 0 Å². The van der Waals surface area contributed by atoms with Gasteiger partial charge >= 0.3 is 31.4 Å². The number of aliphatic carboxylic acids is 3. The molecule has 48 heavy (non-hydrogen) atoms. The molecule has 4 rings (SSSR count). The Hall–Kier alpha value is -5.01. The van der Waals surface area contributed by atoms with Crippen molar-refractivity contribution < 1.29 is 67.3 Å². The van der Waals surface area contributed by atoms with Crippen LogP contribution >= 0.6 is 7.52 Å². The van der Waals surface area contributed by atoms with Crippen molar-refractivity contribution in [2.45, 2.75) is 50.8 Å². The van der Waals surface area contributed by atoms with E-state index >= 15 is 0 Å². The number of fused-ring (bicyclic) bond motifs is 1. The third kappa shape index (κ3) is 9.99. The molecule has 7 N–H and O–H groups in total. The maximum atomic E-state index is 14.8. The number of aromatic nitrogens is 4. The summed E-state index contributed by atoms with van der Waals surface area (Å²) < 4.78 is 51.5. The molecule has 260 valence electrons. The van der Waals surface area contributed by atoms with Gasteiger partial charge in [-0.05, 0) is 26.0 Å². The van der Waals surface area contributed by atoms with Crippen molar-refractivity contribution in [2.24, 2.45) is 0 Å². The van der Waals surface area contributed by atoms with E-state index in [0.717, 1.165) is 6.08 Å². The largest absolute Gasteiger partial charge is 0.481 e. The molecule has 0 spiro atoms. The van der Waals surface area contributed by atoms with E-state index in [1.165, 1.54) is 24.1 Å². The Morgan fingerprint density at radius 3 is 2.35 bits per heavy atom. The van der Waals surface area contributed by atoms with E-state index in [-0.39, 0.29) is 23.8 Å². The zero-order valence-electron chi connectivity index (χ0n) is 25.3. The Kier molecular flexibility index (Phi) is 12.6. The molecule has 1 aromatic carbocycles. The Morgan fingerprint density at radius 1 is 1.12 bits per heavy atom. The smallest absolute Gasteiger partial charge is 0.342 e. The van der Waals surface area contributed by atoms with Crippen LogP contribution in [0.1, 0.15) is 32.9 Å². The number of carboxylic acid groups (broad SMARTS) is 3. The highest BCUT2D eigenvalue weighted by Crippen LogP contribution is 2.45. The van der Waals surface area contributed by atoms with Crippen molar-refractivity contribution in [3.63, 3.8) is 0 Å². The van der Waals surface area contributed by atoms with Gasteiger partial charge in [-0.1, -0.05) is 18.2 Å². The zero-order chi connectivity index (χ0) is 35.6. The SMILES string of the molecule is CCOC(=O)[C@H](C)N[P@](=O)(CO[C@@H]1C=C(F)[C@H](n2cnc3c(N)ncnc32)O1)Oc1ccccc1.O=C(O)CC(O)(CC(=O)O)C(=O)O. The highest BCUT2D eigenvalue weighted by atomic mass is 31.2. The lowest BCUT2D eigenvalue weighted by Crippen LogP contribution is -2.42. The third-order valence-corrected chi connectivity index (χ3v) is 7.93. The summed E-state index contributed by atoms with van der Waals surface area (Å²) in [5.41, 5.74) is 3.62. The topological polar surface area (TPSA) is 285 Å². The minimum absolute atomic E-state index is 0.143. The second-order valence-electron chi connectivity index (χ2n) is 9.95. The molecular weight excluding hydrogens is 666 g/mol. The molecule has 4 atom stereocenters. The number of hydrogen-bond donors (Lipinski definition) is 6. The van der Waals surface area contributed by atoms with Gasteiger partial charge in [0, 0.05) is 6.08 Å². The molecule has 0 saturated carbocycles. The Bertz CT molecular complexity index is 1690. The fraction of sp³-hybridized carbons (Fsp3) is 0.370. The maximum absolute atomic E-state index is 14.8. The van der Waals surface area contributed by atoms with Gasteiger partial charge in [0.25, 0.3) is 0 Å². The Morgan fingerprint density at radius 2 is 1.77 bits per heavy atom. The quantitative estimate of drug-likeness (QED) is 0.0971. The van der Waals surface area contributed by atoms with Crippen LogP contribution in [0.25, 0.3) is 11.2 Å². The van der Waals surface area contributed by atoms with Crippen LogP contribution in [0.15, 0.2) is 54.9 Å². The second kappa shape index (κ2) is 16.2. The van der Waals surface area contributed by atoms with Crippen LogP contribution in [0.3, 0.4) is 0 Å². The number of carbonyl (C=O) groups excluding carboxylic acids is 1. The molecule has 19 nitrogen and oxygen atoms in total. The van der Waals surface area contributed by atoms with Crippen molar-refractivity contribution >= 4 is 48.4 Å². The van der Waals surface area contributed by atoms with Gasteiger partial charge in [-0.25, -0.2) is 29.2 Å². The van der Waals surface area contributed by atoms with Gasteiger partial charge in [-0.3, -0.25) is 23.5 Å². The maximum Gasteiger partial charge on any atom is 0.342 e. The number of carboxylic acids is 3. The van der Waals surface area contributed by atoms with Crippen molar-refractivity contribution in [3.05, 3.63) is 54.9 Å². The number of nitrogen functional groups attached to an aromatic ring is 1. The number of benzene rings is 1. The fourth-order valence-electron chi connectivity index (χ4n) is 4.01. The van der Waals surface area contributed by atoms with E-state index in [1.807, 2.05) is 0 Å². The number of aliphatic hydroxyl groups is 1. The average molecular weight is 699 g/mol. The summed E-state index contributed by atoms with van der Waals surface area (Å²) in [5.74, 6) is -5.87. The average Bonchev–Trinajstić information content (AvgIpc) is 3.60. The van der Waals surface area contributed by atoms with E-state index in [2.05, 4.69) is 20.0 Å². The standard InChI is InChI=1S/C21H24FN6O6P.C6H8O7/c1-3-31-21(29)13(2)27-35(30,34-14-7-5-4-6-8-14)12-32-16-9-15(22)20(33-16)28-11-26-17-18(23)24-10-25-19(17)28;7-3(8)1-6(13,5(11)12)2-4(9)10/h4-11,13,16,20H,3,12H2,1-2H3,(H,27,30)(H2,23,24,25);13H,1-2H2,(H,7,8)(H,9,10)(H,11,12)/t13-,16-,20+,35-;/m0./s1. The lowest BCUT2D eigenvalue weighted by atomic mass is 9.96. The second-order valence-corrected chi connectivity index (χ2v) is 12.0. The summed E-state index contributed by atoms with van der Waals surface area (Å²) in [4.78, 5) is 54.6. The number of ether oxygens (including phenoxy) is 3. The minimum atomic E-state index is -3.83. The molecule has 2 aromatic heterocycles. The van der Waals surface area contributed by atoms with Crippen molar-refractivity contribution in [1.82, 2.24) is 24.6 Å². The predicted octanol–water partition coefficient (Wildman–Crippen LogP) is 1.66. The molecule has 3 aromatic rings. The number of halogens is 1. The van der Waals surface area contributed by atoms with Crippen LogP contribution < -0.4 is 15.3 Å². The van der Waals surface area contributed by atoms with Gasteiger partial charge in [-0.2, -0.15) is 0 Å². The zero-order valence-corrected chi connectivity index (χ0v) is 26.2. The summed E-state index contributed by atoms with van der Waals surface area (Å²) >= 11 is 0. The van der Waals surface area contributed by atoms with E-state index in [1.54, 1.807) is 37.3 Å². The number of nitrogens with two attached hydrogens (primary N) is 1. The van der Waals surface area contributed by atoms with Crippen LogP contribution in [0, 0.1) is 0 Å². The first-order valence-electron chi connectivity index (χ1n) is 13.8. The summed E-state index contributed by atoms with van der Waals surface area (Å²) in [6.45, 7) is 3.30. The Balaban J connectivity index is 0.000000408. The molecule has 1 aliphatic rings. The fourth-order valence-corrected chi connectivity index (χ4v) is 5.69. The highest BCUT2D eigenvalue weighted by Gasteiger charge is 2.41. The van der Waals surface area contributed by atoms with E-state index < -0.39 is 80.6 Å². The monoisotopic (exact) mass is 698 g/mol. The van der Waals surface area contributed by atoms with Crippen molar-refractivity contribution in [3.8, 4) is 5.75 Å². The molecule has 0 unspecified atom stereocenters. The van der Waals surface area contributed by atoms with E-state index in [4.69, 9.17) is 44.9 Å². The molecule has 3 heterocycles. The normalized spacial score (nSPS) is 17.7. The summed E-state index contributed by atoms with van der Waals surface area (Å²) in [6.07, 6.45) is -1.61. The van der Waals surface area contributed by atoms with Crippen molar-refractivity contribution in [2.75, 3.05) is 18.7 Å². The van der Waals surface area contributed by atoms with Gasteiger partial charge in [0.05, 0.1) is 25.8 Å². The van der Waals surface area contributed by atoms with Crippen LogP contribution in [-0.2, 0) is 38.0 Å². The molecule has 1 aliphatic heterocycles. The number of para-hydroxylation sites is 1. The molecule has 0 amide bonds. The number of nitrogens with one attached hydrogen (secondary N) is 1. The number of nitrogens with zero attached hydrogens (tertiary/aromatic N) is 4. The van der Waals surface area contributed by atoms with Crippen LogP contribution in [0.4, 0.5) is 10.2 Å². The molecule has 0 radical (unpaired) electrons. The first-order chi connectivity index (χ1) is 22.6. The summed E-state index contributed by atoms with van der Waals surface area (Å²) in [5, 5.41) is 36.5. The molecular formula is C27H32FN6O13P. The number of rotatable bonds is 15.